The molecule has 0 aliphatic carbocycles. The highest BCUT2D eigenvalue weighted by Crippen LogP contribution is 2.30. The largest absolute Gasteiger partial charge is 0.491 e. The molecule has 1 aliphatic heterocycles. The molecule has 2 rings (SSSR count). The fourth-order valence-corrected chi connectivity index (χ4v) is 1.77. The fourth-order valence-electron chi connectivity index (χ4n) is 1.77. The normalized spacial score (nSPS) is 15.3. The summed E-state index contributed by atoms with van der Waals surface area (Å²) in [6.07, 6.45) is 1.89. The monoisotopic (exact) mass is 231 g/mol. The van der Waals surface area contributed by atoms with Gasteiger partial charge in [-0.05, 0) is 17.7 Å². The summed E-state index contributed by atoms with van der Waals surface area (Å²) in [5, 5.41) is 2.79. The van der Waals surface area contributed by atoms with Gasteiger partial charge in [-0.2, -0.15) is 0 Å². The first-order chi connectivity index (χ1) is 8.04. The standard InChI is InChI=1S/C14H17NO2/c1-4-14(2,3)10-5-6-11-12(9-10)17-8-7-15-13(11)16/h4-6,9H,1,7-8H2,2-3H3,(H,15,16). The number of hydrogen-bond acceptors (Lipinski definition) is 2. The SMILES string of the molecule is C=CC(C)(C)c1ccc2c(c1)OCCNC2=O. The Balaban J connectivity index is 2.46. The van der Waals surface area contributed by atoms with Crippen molar-refractivity contribution in [3.8, 4) is 5.75 Å². The van der Waals surface area contributed by atoms with Gasteiger partial charge in [0.15, 0.2) is 0 Å². The summed E-state index contributed by atoms with van der Waals surface area (Å²) >= 11 is 0. The number of hydrogen-bond donors (Lipinski definition) is 1. The lowest BCUT2D eigenvalue weighted by Gasteiger charge is -2.21. The molecule has 0 saturated carbocycles. The summed E-state index contributed by atoms with van der Waals surface area (Å²) in [6, 6.07) is 5.70. The molecular formula is C14H17NO2. The predicted molar refractivity (Wildman–Crippen MR) is 67.5 cm³/mol. The second kappa shape index (κ2) is 4.24. The zero-order valence-electron chi connectivity index (χ0n) is 10.2. The molecule has 0 radical (unpaired) electrons. The maximum Gasteiger partial charge on any atom is 0.255 e. The average Bonchev–Trinajstić information content (AvgIpc) is 2.51. The van der Waals surface area contributed by atoms with Crippen LogP contribution < -0.4 is 10.1 Å². The summed E-state index contributed by atoms with van der Waals surface area (Å²) in [5.41, 5.74) is 1.58. The molecule has 3 heteroatoms. The maximum absolute atomic E-state index is 11.7. The Labute approximate surface area is 101 Å². The van der Waals surface area contributed by atoms with E-state index in [1.807, 2.05) is 24.3 Å². The van der Waals surface area contributed by atoms with Gasteiger partial charge in [0, 0.05) is 5.41 Å². The van der Waals surface area contributed by atoms with Crippen LogP contribution in [0, 0.1) is 0 Å². The van der Waals surface area contributed by atoms with Crippen molar-refractivity contribution < 1.29 is 9.53 Å². The molecule has 0 atom stereocenters. The first-order valence-electron chi connectivity index (χ1n) is 5.74. The number of amides is 1. The zero-order chi connectivity index (χ0) is 12.5. The topological polar surface area (TPSA) is 38.3 Å². The maximum atomic E-state index is 11.7. The molecular weight excluding hydrogens is 214 g/mol. The third-order valence-electron chi connectivity index (χ3n) is 3.13. The molecule has 17 heavy (non-hydrogen) atoms. The van der Waals surface area contributed by atoms with E-state index in [1.165, 1.54) is 0 Å². The van der Waals surface area contributed by atoms with Crippen LogP contribution in [0.5, 0.6) is 5.75 Å². The number of allylic oxidation sites excluding steroid dienone is 1. The van der Waals surface area contributed by atoms with E-state index in [1.54, 1.807) is 0 Å². The van der Waals surface area contributed by atoms with Crippen LogP contribution in [-0.2, 0) is 5.41 Å². The summed E-state index contributed by atoms with van der Waals surface area (Å²) in [6.45, 7) is 9.06. The Hall–Kier alpha value is -1.77. The van der Waals surface area contributed by atoms with Gasteiger partial charge in [-0.25, -0.2) is 0 Å². The lowest BCUT2D eigenvalue weighted by Crippen LogP contribution is -2.24. The predicted octanol–water partition coefficient (Wildman–Crippen LogP) is 2.27. The number of ether oxygens (including phenoxy) is 1. The van der Waals surface area contributed by atoms with Gasteiger partial charge in [-0.15, -0.1) is 6.58 Å². The van der Waals surface area contributed by atoms with Crippen LogP contribution in [0.2, 0.25) is 0 Å². The first-order valence-corrected chi connectivity index (χ1v) is 5.74. The van der Waals surface area contributed by atoms with Gasteiger partial charge in [0.25, 0.3) is 5.91 Å². The van der Waals surface area contributed by atoms with Crippen molar-refractivity contribution in [3.63, 3.8) is 0 Å². The molecule has 0 bridgehead atoms. The van der Waals surface area contributed by atoms with Gasteiger partial charge in [-0.3, -0.25) is 4.79 Å². The van der Waals surface area contributed by atoms with E-state index in [-0.39, 0.29) is 11.3 Å². The lowest BCUT2D eigenvalue weighted by molar-refractivity contribution is 0.0957. The van der Waals surface area contributed by atoms with Crippen molar-refractivity contribution in [1.29, 1.82) is 0 Å². The lowest BCUT2D eigenvalue weighted by atomic mass is 9.84. The van der Waals surface area contributed by atoms with Crippen molar-refractivity contribution >= 4 is 5.91 Å². The minimum atomic E-state index is -0.124. The molecule has 1 N–H and O–H groups in total. The summed E-state index contributed by atoms with van der Waals surface area (Å²) in [4.78, 5) is 11.7. The van der Waals surface area contributed by atoms with Gasteiger partial charge < -0.3 is 10.1 Å². The molecule has 1 amide bonds. The van der Waals surface area contributed by atoms with E-state index >= 15 is 0 Å². The van der Waals surface area contributed by atoms with Crippen molar-refractivity contribution in [2.24, 2.45) is 0 Å². The molecule has 1 heterocycles. The highest BCUT2D eigenvalue weighted by atomic mass is 16.5. The molecule has 0 spiro atoms. The van der Waals surface area contributed by atoms with Crippen LogP contribution in [0.15, 0.2) is 30.9 Å². The minimum Gasteiger partial charge on any atom is -0.491 e. The Morgan fingerprint density at radius 3 is 2.94 bits per heavy atom. The van der Waals surface area contributed by atoms with E-state index < -0.39 is 0 Å². The van der Waals surface area contributed by atoms with Crippen LogP contribution in [0.3, 0.4) is 0 Å². The molecule has 1 aromatic rings. The Morgan fingerprint density at radius 2 is 2.24 bits per heavy atom. The van der Waals surface area contributed by atoms with E-state index in [2.05, 4.69) is 25.7 Å². The van der Waals surface area contributed by atoms with E-state index in [9.17, 15) is 4.79 Å². The number of carbonyl (C=O) groups is 1. The van der Waals surface area contributed by atoms with Crippen LogP contribution in [0.25, 0.3) is 0 Å². The number of benzene rings is 1. The van der Waals surface area contributed by atoms with Crippen molar-refractivity contribution in [3.05, 3.63) is 42.0 Å². The molecule has 1 aliphatic rings. The quantitative estimate of drug-likeness (QED) is 0.793. The molecule has 1 aromatic carbocycles. The molecule has 0 fully saturated rings. The fraction of sp³-hybridized carbons (Fsp3) is 0.357. The van der Waals surface area contributed by atoms with Crippen LogP contribution in [-0.4, -0.2) is 19.1 Å². The van der Waals surface area contributed by atoms with Crippen molar-refractivity contribution in [2.45, 2.75) is 19.3 Å². The van der Waals surface area contributed by atoms with Gasteiger partial charge in [0.05, 0.1) is 12.1 Å². The van der Waals surface area contributed by atoms with Gasteiger partial charge >= 0.3 is 0 Å². The Kier molecular flexibility index (Phi) is 2.92. The first kappa shape index (κ1) is 11.7. The third-order valence-corrected chi connectivity index (χ3v) is 3.13. The molecule has 0 saturated heterocycles. The Bertz CT molecular complexity index is 463. The molecule has 3 nitrogen and oxygen atoms in total. The van der Waals surface area contributed by atoms with Gasteiger partial charge in [0.2, 0.25) is 0 Å². The zero-order valence-corrected chi connectivity index (χ0v) is 10.2. The van der Waals surface area contributed by atoms with Crippen molar-refractivity contribution in [2.75, 3.05) is 13.2 Å². The number of carbonyl (C=O) groups excluding carboxylic acids is 1. The number of fused-ring (bicyclic) bond motifs is 1. The Morgan fingerprint density at radius 1 is 1.47 bits per heavy atom. The second-order valence-electron chi connectivity index (χ2n) is 4.74. The number of nitrogens with one attached hydrogen (secondary N) is 1. The van der Waals surface area contributed by atoms with Crippen LogP contribution >= 0.6 is 0 Å². The van der Waals surface area contributed by atoms with Crippen LogP contribution in [0.1, 0.15) is 29.8 Å². The highest BCUT2D eigenvalue weighted by molar-refractivity contribution is 5.97. The van der Waals surface area contributed by atoms with Gasteiger partial charge in [-0.1, -0.05) is 26.0 Å². The average molecular weight is 231 g/mol. The summed E-state index contributed by atoms with van der Waals surface area (Å²) < 4.78 is 5.58. The smallest absolute Gasteiger partial charge is 0.255 e. The third kappa shape index (κ3) is 2.18. The van der Waals surface area contributed by atoms with E-state index in [0.717, 1.165) is 5.56 Å². The molecule has 90 valence electrons. The van der Waals surface area contributed by atoms with Crippen molar-refractivity contribution in [1.82, 2.24) is 5.32 Å². The second-order valence-corrected chi connectivity index (χ2v) is 4.74. The minimum absolute atomic E-state index is 0.0690. The number of rotatable bonds is 2. The highest BCUT2D eigenvalue weighted by Gasteiger charge is 2.21. The summed E-state index contributed by atoms with van der Waals surface area (Å²) in [7, 11) is 0. The van der Waals surface area contributed by atoms with E-state index in [4.69, 9.17) is 4.74 Å². The van der Waals surface area contributed by atoms with Gasteiger partial charge in [0.1, 0.15) is 12.4 Å². The van der Waals surface area contributed by atoms with E-state index in [0.29, 0.717) is 24.5 Å². The van der Waals surface area contributed by atoms with Crippen LogP contribution in [0.4, 0.5) is 0 Å². The molecule has 0 unspecified atom stereocenters. The summed E-state index contributed by atoms with van der Waals surface area (Å²) in [5.74, 6) is 0.591. The molecule has 0 aromatic heterocycles.